The second kappa shape index (κ2) is 16.5. The van der Waals surface area contributed by atoms with E-state index in [4.69, 9.17) is 19.1 Å². The molecule has 1 aliphatic heterocycles. The zero-order valence-electron chi connectivity index (χ0n) is 25.0. The largest absolute Gasteiger partial charge is 0.490 e. The van der Waals surface area contributed by atoms with Crippen LogP contribution in [0.5, 0.6) is 5.75 Å². The van der Waals surface area contributed by atoms with Crippen molar-refractivity contribution < 1.29 is 35.8 Å². The predicted molar refractivity (Wildman–Crippen MR) is 172 cm³/mol. The quantitative estimate of drug-likeness (QED) is 0.204. The van der Waals surface area contributed by atoms with Gasteiger partial charge in [0.1, 0.15) is 30.2 Å². The Bertz CT molecular complexity index is 1670. The molecule has 0 saturated carbocycles. The number of nitriles is 1. The molecule has 0 aliphatic carbocycles. The number of hydrogen-bond donors (Lipinski definition) is 4. The van der Waals surface area contributed by atoms with E-state index in [2.05, 4.69) is 81.5 Å². The van der Waals surface area contributed by atoms with Gasteiger partial charge >= 0.3 is 0 Å². The summed E-state index contributed by atoms with van der Waals surface area (Å²) >= 11 is 0. The first kappa shape index (κ1) is 35.7. The molecule has 1 unspecified atom stereocenters. The minimum Gasteiger partial charge on any atom is -0.490 e. The van der Waals surface area contributed by atoms with E-state index in [0.29, 0.717) is 30.5 Å². The van der Waals surface area contributed by atoms with Crippen LogP contribution in [-0.4, -0.2) is 104 Å². The molecule has 242 valence electrons. The molecule has 4 N–H and O–H groups in total. The summed E-state index contributed by atoms with van der Waals surface area (Å²) in [6, 6.07) is 31.2. The lowest BCUT2D eigenvalue weighted by atomic mass is 9.96. The van der Waals surface area contributed by atoms with Crippen LogP contribution in [0.2, 0.25) is 0 Å². The molecule has 0 amide bonds. The van der Waals surface area contributed by atoms with Gasteiger partial charge in [-0.1, -0.05) is 66.7 Å². The molecular weight excluding hydrogens is 620 g/mol. The van der Waals surface area contributed by atoms with E-state index >= 15 is 0 Å². The number of aliphatic hydroxyl groups excluding tert-OH is 1. The van der Waals surface area contributed by atoms with Crippen LogP contribution in [0, 0.1) is 11.3 Å². The lowest BCUT2D eigenvalue weighted by molar-refractivity contribution is 0.0404. The molecule has 1 fully saturated rings. The lowest BCUT2D eigenvalue weighted by Gasteiger charge is -2.40. The van der Waals surface area contributed by atoms with E-state index in [-0.39, 0.29) is 12.6 Å². The summed E-state index contributed by atoms with van der Waals surface area (Å²) in [5, 5.41) is 20.7. The van der Waals surface area contributed by atoms with E-state index in [0.717, 1.165) is 37.1 Å². The molecule has 0 spiro atoms. The maximum atomic E-state index is 10.7. The van der Waals surface area contributed by atoms with Crippen LogP contribution >= 0.6 is 0 Å². The van der Waals surface area contributed by atoms with Crippen molar-refractivity contribution in [1.82, 2.24) is 14.8 Å². The van der Waals surface area contributed by atoms with Gasteiger partial charge in [-0.15, -0.1) is 0 Å². The zero-order chi connectivity index (χ0) is 33.0. The first-order chi connectivity index (χ1) is 21.2. The van der Waals surface area contributed by atoms with E-state index in [1.54, 1.807) is 6.07 Å². The highest BCUT2D eigenvalue weighted by atomic mass is 32.2. The van der Waals surface area contributed by atoms with Crippen molar-refractivity contribution in [2.45, 2.75) is 12.1 Å². The van der Waals surface area contributed by atoms with Gasteiger partial charge in [0.15, 0.2) is 0 Å². The third-order valence-corrected chi connectivity index (χ3v) is 6.65. The Hall–Kier alpha value is -3.81. The topological polar surface area (TPSA) is 184 Å². The summed E-state index contributed by atoms with van der Waals surface area (Å²) in [5.41, 5.74) is 3.97. The highest BCUT2D eigenvalue weighted by molar-refractivity contribution is 7.85. The number of H-pyrrole nitrogens is 1. The molecule has 1 aliphatic rings. The molecule has 1 atom stereocenters. The van der Waals surface area contributed by atoms with Gasteiger partial charge < -0.3 is 14.8 Å². The fraction of sp³-hybridized carbons (Fsp3) is 0.323. The van der Waals surface area contributed by atoms with Gasteiger partial charge in [-0.05, 0) is 29.3 Å². The number of piperazine rings is 1. The minimum absolute atomic E-state index is 0.211. The van der Waals surface area contributed by atoms with Gasteiger partial charge in [-0.3, -0.25) is 18.9 Å². The Morgan fingerprint density at radius 2 is 1.36 bits per heavy atom. The number of benzene rings is 3. The number of ether oxygens (including phenoxy) is 1. The first-order valence-electron chi connectivity index (χ1n) is 13.9. The number of rotatable bonds is 8. The van der Waals surface area contributed by atoms with Crippen LogP contribution in [0.4, 0.5) is 0 Å². The molecule has 0 radical (unpaired) electrons. The molecule has 1 aromatic heterocycles. The van der Waals surface area contributed by atoms with Gasteiger partial charge in [-0.25, -0.2) is 0 Å². The summed E-state index contributed by atoms with van der Waals surface area (Å²) in [5.74, 6) is 0.678. The Labute approximate surface area is 264 Å². The van der Waals surface area contributed by atoms with E-state index in [1.807, 2.05) is 18.2 Å². The summed E-state index contributed by atoms with van der Waals surface area (Å²) in [4.78, 5) is 7.90. The van der Waals surface area contributed by atoms with E-state index < -0.39 is 26.3 Å². The van der Waals surface area contributed by atoms with Crippen molar-refractivity contribution >= 4 is 31.1 Å². The fourth-order valence-corrected chi connectivity index (χ4v) is 4.94. The van der Waals surface area contributed by atoms with E-state index in [9.17, 15) is 21.9 Å². The van der Waals surface area contributed by atoms with Crippen molar-refractivity contribution in [3.8, 4) is 11.8 Å². The number of aromatic nitrogens is 1. The van der Waals surface area contributed by atoms with Gasteiger partial charge in [0.2, 0.25) is 0 Å². The molecular formula is C31H38N4O8S2. The van der Waals surface area contributed by atoms with Crippen LogP contribution in [0.1, 0.15) is 22.9 Å². The second-order valence-corrected chi connectivity index (χ2v) is 13.4. The maximum absolute atomic E-state index is 10.7. The number of nitrogens with zero attached hydrogens (tertiary/aromatic N) is 3. The van der Waals surface area contributed by atoms with Crippen LogP contribution in [-0.2, 0) is 20.2 Å². The molecule has 14 heteroatoms. The summed E-state index contributed by atoms with van der Waals surface area (Å²) in [7, 11) is -7.33. The predicted octanol–water partition coefficient (Wildman–Crippen LogP) is 3.19. The third kappa shape index (κ3) is 13.0. The number of aliphatic hydroxyl groups is 1. The number of aromatic amines is 1. The normalized spacial score (nSPS) is 14.9. The van der Waals surface area contributed by atoms with Crippen LogP contribution < -0.4 is 4.74 Å². The monoisotopic (exact) mass is 658 g/mol. The molecule has 2 heterocycles. The van der Waals surface area contributed by atoms with Crippen molar-refractivity contribution in [1.29, 1.82) is 5.26 Å². The number of nitrogens with one attached hydrogen (secondary N) is 1. The standard InChI is InChI=1S/C29H30N4O2.2CH4O3S/c30-19-24-18-26-27(31-24)12-7-13-28(26)35-21-25(34)20-32-14-16-33(17-15-32)29(22-8-3-1-4-9-22)23-10-5-2-6-11-23;2*1-5(2,3)4/h1-13,18,25,29,31,34H,14-17,20-21H2;2*1H3,(H,2,3,4). The lowest BCUT2D eigenvalue weighted by Crippen LogP contribution is -2.50. The average Bonchev–Trinajstić information content (AvgIpc) is 3.41. The third-order valence-electron chi connectivity index (χ3n) is 6.65. The molecule has 45 heavy (non-hydrogen) atoms. The van der Waals surface area contributed by atoms with Gasteiger partial charge in [0.25, 0.3) is 20.2 Å². The van der Waals surface area contributed by atoms with Crippen molar-refractivity contribution in [3.05, 3.63) is 102 Å². The smallest absolute Gasteiger partial charge is 0.261 e. The van der Waals surface area contributed by atoms with Crippen molar-refractivity contribution in [2.24, 2.45) is 0 Å². The number of β-amino-alcohol motifs (C(OH)–C–C–N with tert-alkyl or cyclic N) is 1. The average molecular weight is 659 g/mol. The summed E-state index contributed by atoms with van der Waals surface area (Å²) in [6.45, 7) is 4.44. The SMILES string of the molecule is CS(=O)(=O)O.CS(=O)(=O)O.N#Cc1cc2c(OCC(O)CN3CCN(C(c4ccccc4)c4ccccc4)CC3)cccc2[nH]1. The summed E-state index contributed by atoms with van der Waals surface area (Å²) in [6.07, 6.45) is 0.838. The molecule has 3 aromatic carbocycles. The number of hydrogen-bond acceptors (Lipinski definition) is 9. The Morgan fingerprint density at radius 1 is 0.844 bits per heavy atom. The van der Waals surface area contributed by atoms with Gasteiger partial charge in [0.05, 0.1) is 24.1 Å². The highest BCUT2D eigenvalue weighted by Crippen LogP contribution is 2.30. The zero-order valence-corrected chi connectivity index (χ0v) is 26.7. The molecule has 4 aromatic rings. The van der Waals surface area contributed by atoms with Crippen molar-refractivity contribution in [2.75, 3.05) is 51.8 Å². The molecule has 1 saturated heterocycles. The van der Waals surface area contributed by atoms with Crippen molar-refractivity contribution in [3.63, 3.8) is 0 Å². The molecule has 0 bridgehead atoms. The number of fused-ring (bicyclic) bond motifs is 1. The van der Waals surface area contributed by atoms with Crippen LogP contribution in [0.15, 0.2) is 84.9 Å². The second-order valence-electron chi connectivity index (χ2n) is 10.5. The Balaban J connectivity index is 0.000000482. The van der Waals surface area contributed by atoms with Crippen LogP contribution in [0.3, 0.4) is 0 Å². The van der Waals surface area contributed by atoms with Gasteiger partial charge in [-0.2, -0.15) is 22.1 Å². The van der Waals surface area contributed by atoms with Crippen LogP contribution in [0.25, 0.3) is 10.9 Å². The first-order valence-corrected chi connectivity index (χ1v) is 17.6. The maximum Gasteiger partial charge on any atom is 0.261 e. The molecule has 12 nitrogen and oxygen atoms in total. The van der Waals surface area contributed by atoms with E-state index in [1.165, 1.54) is 11.1 Å². The molecule has 5 rings (SSSR count). The minimum atomic E-state index is -3.67. The summed E-state index contributed by atoms with van der Waals surface area (Å²) < 4.78 is 57.7. The van der Waals surface area contributed by atoms with Gasteiger partial charge in [0, 0.05) is 38.1 Å². The highest BCUT2D eigenvalue weighted by Gasteiger charge is 2.27. The Kier molecular flexibility index (Phi) is 13.1. The fourth-order valence-electron chi connectivity index (χ4n) is 4.94. The Morgan fingerprint density at radius 3 is 1.84 bits per heavy atom.